The van der Waals surface area contributed by atoms with E-state index in [1.54, 1.807) is 0 Å². The molecule has 0 aliphatic carbocycles. The summed E-state index contributed by atoms with van der Waals surface area (Å²) in [6.45, 7) is 8.76. The van der Waals surface area contributed by atoms with Crippen LogP contribution in [-0.4, -0.2) is 22.0 Å². The molecule has 0 radical (unpaired) electrons. The fourth-order valence-corrected chi connectivity index (χ4v) is 5.20. The summed E-state index contributed by atoms with van der Waals surface area (Å²) in [7, 11) is 0.185. The molecule has 0 unspecified atom stereocenters. The number of benzene rings is 1. The molecule has 0 saturated heterocycles. The molecule has 2 heteroatoms. The van der Waals surface area contributed by atoms with E-state index in [2.05, 4.69) is 27.7 Å². The van der Waals surface area contributed by atoms with E-state index in [0.29, 0.717) is 5.78 Å². The van der Waals surface area contributed by atoms with Crippen LogP contribution in [0.25, 0.3) is 0 Å². The second-order valence-corrected chi connectivity index (χ2v) is 8.64. The zero-order valence-electron chi connectivity index (χ0n) is 13.4. The van der Waals surface area contributed by atoms with Gasteiger partial charge >= 0.3 is 0 Å². The van der Waals surface area contributed by atoms with Crippen molar-refractivity contribution >= 4 is 16.7 Å². The van der Waals surface area contributed by atoms with Crippen molar-refractivity contribution < 1.29 is 4.79 Å². The first kappa shape index (κ1) is 17.3. The van der Waals surface area contributed by atoms with Crippen LogP contribution in [0.2, 0.25) is 0 Å². The summed E-state index contributed by atoms with van der Waals surface area (Å²) in [5.41, 5.74) is 0.864. The lowest BCUT2D eigenvalue weighted by Gasteiger charge is -2.25. The molecule has 1 aromatic rings. The van der Waals surface area contributed by atoms with Crippen LogP contribution in [0.5, 0.6) is 0 Å². The van der Waals surface area contributed by atoms with Crippen LogP contribution >= 0.6 is 0 Å². The predicted octanol–water partition coefficient (Wildman–Crippen LogP) is 4.87. The molecule has 0 fully saturated rings. The number of unbranched alkanes of at least 4 members (excludes halogenated alkanes) is 2. The number of hydrogen-bond donors (Lipinski definition) is 0. The summed E-state index contributed by atoms with van der Waals surface area (Å²) < 4.78 is -0.230. The maximum Gasteiger partial charge on any atom is 0.217 e. The van der Waals surface area contributed by atoms with Gasteiger partial charge < -0.3 is 0 Å². The van der Waals surface area contributed by atoms with Crippen LogP contribution in [0.4, 0.5) is 0 Å². The zero-order valence-corrected chi connectivity index (χ0v) is 14.3. The SMILES string of the molecule is CCCC[S+](CCCC)C(C)(C)C(=O)c1ccccc1. The second-order valence-electron chi connectivity index (χ2n) is 5.81. The fourth-order valence-electron chi connectivity index (χ4n) is 2.32. The lowest BCUT2D eigenvalue weighted by Crippen LogP contribution is -2.43. The minimum Gasteiger partial charge on any atom is -0.288 e. The highest BCUT2D eigenvalue weighted by Crippen LogP contribution is 2.27. The van der Waals surface area contributed by atoms with Crippen molar-refractivity contribution in [1.82, 2.24) is 0 Å². The van der Waals surface area contributed by atoms with Gasteiger partial charge in [-0.05, 0) is 26.7 Å². The van der Waals surface area contributed by atoms with Gasteiger partial charge in [0, 0.05) is 16.5 Å². The van der Waals surface area contributed by atoms with Gasteiger partial charge in [-0.15, -0.1) is 0 Å². The topological polar surface area (TPSA) is 17.1 Å². The molecule has 0 saturated carbocycles. The van der Waals surface area contributed by atoms with E-state index >= 15 is 0 Å². The van der Waals surface area contributed by atoms with Crippen LogP contribution < -0.4 is 0 Å². The molecule has 0 amide bonds. The van der Waals surface area contributed by atoms with Crippen molar-refractivity contribution in [3.05, 3.63) is 35.9 Å². The maximum atomic E-state index is 12.8. The van der Waals surface area contributed by atoms with Crippen LogP contribution in [0.3, 0.4) is 0 Å². The monoisotopic (exact) mass is 293 g/mol. The van der Waals surface area contributed by atoms with Crippen molar-refractivity contribution in [2.24, 2.45) is 0 Å². The Labute approximate surface area is 127 Å². The third-order valence-electron chi connectivity index (χ3n) is 3.79. The second kappa shape index (κ2) is 8.51. The molecule has 0 bridgehead atoms. The highest BCUT2D eigenvalue weighted by atomic mass is 32.2. The molecule has 0 spiro atoms. The lowest BCUT2D eigenvalue weighted by molar-refractivity contribution is 0.0956. The molecule has 0 heterocycles. The third kappa shape index (κ3) is 4.66. The van der Waals surface area contributed by atoms with E-state index in [1.807, 2.05) is 30.3 Å². The van der Waals surface area contributed by atoms with Crippen LogP contribution in [0.15, 0.2) is 30.3 Å². The van der Waals surface area contributed by atoms with E-state index in [-0.39, 0.29) is 15.6 Å². The standard InChI is InChI=1S/C18H29OS/c1-5-7-14-20(15-8-6-2)18(3,4)17(19)16-12-10-9-11-13-16/h9-13H,5-8,14-15H2,1-4H3/q+1. The first-order valence-corrected chi connectivity index (χ1v) is 9.37. The number of carbonyl (C=O) groups excluding carboxylic acids is 1. The Morgan fingerprint density at radius 3 is 1.95 bits per heavy atom. The molecule has 0 N–H and O–H groups in total. The Morgan fingerprint density at radius 2 is 1.50 bits per heavy atom. The average molecular weight is 293 g/mol. The van der Waals surface area contributed by atoms with Crippen LogP contribution in [0.1, 0.15) is 63.7 Å². The van der Waals surface area contributed by atoms with Gasteiger partial charge in [0.15, 0.2) is 4.75 Å². The normalized spacial score (nSPS) is 11.8. The van der Waals surface area contributed by atoms with E-state index in [0.717, 1.165) is 5.56 Å². The van der Waals surface area contributed by atoms with Gasteiger partial charge in [0.1, 0.15) is 11.5 Å². The van der Waals surface area contributed by atoms with E-state index in [1.165, 1.54) is 37.2 Å². The summed E-state index contributed by atoms with van der Waals surface area (Å²) in [5.74, 6) is 2.71. The Hall–Kier alpha value is -0.760. The minimum absolute atomic E-state index is 0.185. The molecule has 0 aliphatic rings. The molecule has 0 aromatic heterocycles. The van der Waals surface area contributed by atoms with Gasteiger partial charge in [0.2, 0.25) is 5.78 Å². The highest BCUT2D eigenvalue weighted by Gasteiger charge is 2.44. The summed E-state index contributed by atoms with van der Waals surface area (Å²) >= 11 is 0. The average Bonchev–Trinajstić information content (AvgIpc) is 2.47. The first-order valence-electron chi connectivity index (χ1n) is 7.81. The zero-order chi connectivity index (χ0) is 15.0. The minimum atomic E-state index is -0.230. The molecule has 1 rings (SSSR count). The van der Waals surface area contributed by atoms with Gasteiger partial charge in [0.05, 0.1) is 0 Å². The Balaban J connectivity index is 2.87. The summed E-state index contributed by atoms with van der Waals surface area (Å²) in [4.78, 5) is 12.8. The van der Waals surface area contributed by atoms with Gasteiger partial charge in [-0.25, -0.2) is 0 Å². The van der Waals surface area contributed by atoms with Crippen molar-refractivity contribution in [2.45, 2.75) is 58.1 Å². The number of ketones is 1. The van der Waals surface area contributed by atoms with Gasteiger partial charge in [-0.1, -0.05) is 57.0 Å². The summed E-state index contributed by atoms with van der Waals surface area (Å²) in [5, 5.41) is 0. The van der Waals surface area contributed by atoms with E-state index in [4.69, 9.17) is 0 Å². The largest absolute Gasteiger partial charge is 0.288 e. The van der Waals surface area contributed by atoms with Crippen molar-refractivity contribution in [3.63, 3.8) is 0 Å². The van der Waals surface area contributed by atoms with Crippen molar-refractivity contribution in [3.8, 4) is 0 Å². The molecule has 0 atom stereocenters. The molecule has 0 aliphatic heterocycles. The maximum absolute atomic E-state index is 12.8. The van der Waals surface area contributed by atoms with Crippen LogP contribution in [-0.2, 0) is 10.9 Å². The highest BCUT2D eigenvalue weighted by molar-refractivity contribution is 7.98. The fraction of sp³-hybridized carbons (Fsp3) is 0.611. The lowest BCUT2D eigenvalue weighted by atomic mass is 10.0. The Bertz CT molecular complexity index is 389. The van der Waals surface area contributed by atoms with Crippen molar-refractivity contribution in [2.75, 3.05) is 11.5 Å². The van der Waals surface area contributed by atoms with Crippen LogP contribution in [0, 0.1) is 0 Å². The van der Waals surface area contributed by atoms with Gasteiger partial charge in [-0.2, -0.15) is 0 Å². The first-order chi connectivity index (χ1) is 9.54. The van der Waals surface area contributed by atoms with Gasteiger partial charge in [-0.3, -0.25) is 4.79 Å². The molecule has 20 heavy (non-hydrogen) atoms. The van der Waals surface area contributed by atoms with Crippen molar-refractivity contribution in [1.29, 1.82) is 0 Å². The predicted molar refractivity (Wildman–Crippen MR) is 91.8 cm³/mol. The van der Waals surface area contributed by atoms with E-state index in [9.17, 15) is 4.79 Å². The Kier molecular flexibility index (Phi) is 7.36. The molecular formula is C18H29OS+. The van der Waals surface area contributed by atoms with Gasteiger partial charge in [0.25, 0.3) is 0 Å². The van der Waals surface area contributed by atoms with E-state index < -0.39 is 0 Å². The molecular weight excluding hydrogens is 264 g/mol. The summed E-state index contributed by atoms with van der Waals surface area (Å²) in [6.07, 6.45) is 4.90. The number of carbonyl (C=O) groups is 1. The molecule has 112 valence electrons. The number of Topliss-reactive ketones (excluding diaryl/α,β-unsaturated/α-hetero) is 1. The Morgan fingerprint density at radius 1 is 1.00 bits per heavy atom. The molecule has 1 aromatic carbocycles. The third-order valence-corrected chi connectivity index (χ3v) is 6.98. The quantitative estimate of drug-likeness (QED) is 0.469. The number of rotatable bonds is 9. The smallest absolute Gasteiger partial charge is 0.217 e. The molecule has 1 nitrogen and oxygen atoms in total. The summed E-state index contributed by atoms with van der Waals surface area (Å²) in [6, 6.07) is 9.78. The number of hydrogen-bond acceptors (Lipinski definition) is 1.